The zero-order chi connectivity index (χ0) is 36.2. The topological polar surface area (TPSA) is 25.3 Å². The Bertz CT molecular complexity index is 1280. The molecule has 2 aromatic carbocycles. The standard InChI is InChI=1S/C45H68N2.2CH3.Pd/c1-5-9-12-14-16-17-18-19-20-21-23-26-30-39-31-27-28-32-42(39)45-43(33-24-11-7-3)41(8-4)44(47(45)46)40-36-34-38(35-37-40)29-25-22-15-13-10-6-2;;;/h21,23,27-28,31-32,34-37H,5-20,22,24-26,29-30,33H2,1-4H3;2*1H3;. The van der Waals surface area contributed by atoms with Crippen molar-refractivity contribution in [3.63, 3.8) is 0 Å². The van der Waals surface area contributed by atoms with E-state index in [1.807, 2.05) is 0 Å². The van der Waals surface area contributed by atoms with Gasteiger partial charge in [0, 0.05) is 22.3 Å². The fourth-order valence-corrected chi connectivity index (χ4v) is 7.21. The van der Waals surface area contributed by atoms with Crippen molar-refractivity contribution in [3.8, 4) is 0 Å². The molecule has 0 fully saturated rings. The molecule has 0 unspecified atom stereocenters. The van der Waals surface area contributed by atoms with Crippen molar-refractivity contribution in [2.24, 2.45) is 0 Å². The second-order valence-electron chi connectivity index (χ2n) is 14.2. The molecule has 0 amide bonds. The number of rotatable bonds is 26. The average molecular weight is 774 g/mol. The Morgan fingerprint density at radius 3 is 1.68 bits per heavy atom. The maximum absolute atomic E-state index is 12.0. The molecule has 3 heteroatoms. The summed E-state index contributed by atoms with van der Waals surface area (Å²) in [5.41, 5.74) is 21.7. The summed E-state index contributed by atoms with van der Waals surface area (Å²) >= 11 is 0.950. The molecule has 0 saturated carbocycles. The zero-order valence-electron chi connectivity index (χ0n) is 33.2. The molecule has 0 aromatic heterocycles. The second-order valence-corrected chi connectivity index (χ2v) is 15.8. The molecular weight excluding hydrogens is 699 g/mol. The van der Waals surface area contributed by atoms with E-state index in [0.717, 1.165) is 73.5 Å². The van der Waals surface area contributed by atoms with E-state index in [2.05, 4.69) is 99.2 Å². The first-order valence-corrected chi connectivity index (χ1v) is 23.7. The van der Waals surface area contributed by atoms with Gasteiger partial charge in [-0.2, -0.15) is 0 Å². The van der Waals surface area contributed by atoms with Crippen LogP contribution in [0.15, 0.2) is 71.8 Å². The van der Waals surface area contributed by atoms with Gasteiger partial charge in [0.05, 0.1) is 0 Å². The first-order chi connectivity index (χ1) is 24.6. The van der Waals surface area contributed by atoms with Gasteiger partial charge in [0.25, 0.3) is 0 Å². The Hall–Kier alpha value is -2.08. The third-order valence-electron chi connectivity index (χ3n) is 10.0. The Labute approximate surface area is 318 Å². The Morgan fingerprint density at radius 1 is 0.540 bits per heavy atom. The number of nitrogens with zero attached hydrogens (tertiary/aromatic N) is 2. The second kappa shape index (κ2) is 28.5. The quantitative estimate of drug-likeness (QED) is 0.0394. The van der Waals surface area contributed by atoms with E-state index in [4.69, 9.17) is 0 Å². The molecule has 0 aliphatic carbocycles. The first-order valence-electron chi connectivity index (χ1n) is 20.6. The minimum absolute atomic E-state index is 0.917. The van der Waals surface area contributed by atoms with Gasteiger partial charge in [0.15, 0.2) is 0 Å². The van der Waals surface area contributed by atoms with Gasteiger partial charge < -0.3 is 5.53 Å². The number of aryl methyl sites for hydroxylation is 2. The zero-order valence-corrected chi connectivity index (χ0v) is 34.8. The van der Waals surface area contributed by atoms with Gasteiger partial charge in [-0.05, 0) is 87.1 Å². The summed E-state index contributed by atoms with van der Waals surface area (Å²) in [6, 6.07) is 17.9. The van der Waals surface area contributed by atoms with Crippen LogP contribution in [0.2, 0.25) is 10.8 Å². The van der Waals surface area contributed by atoms with Crippen molar-refractivity contribution in [1.82, 2.24) is 0 Å². The van der Waals surface area contributed by atoms with Crippen molar-refractivity contribution >= 4 is 11.4 Å². The number of hydrogen-bond donors (Lipinski definition) is 0. The van der Waals surface area contributed by atoms with Gasteiger partial charge in [-0.1, -0.05) is 160 Å². The average Bonchev–Trinajstić information content (AvgIpc) is 3.41. The first kappa shape index (κ1) is 44.1. The summed E-state index contributed by atoms with van der Waals surface area (Å²) in [4.78, 5) is 0. The molecule has 2 aromatic rings. The van der Waals surface area contributed by atoms with Crippen molar-refractivity contribution in [2.75, 3.05) is 0 Å². The van der Waals surface area contributed by atoms with E-state index in [0.29, 0.717) is 0 Å². The summed E-state index contributed by atoms with van der Waals surface area (Å²) in [5, 5.41) is 4.35. The molecule has 0 spiro atoms. The van der Waals surface area contributed by atoms with Gasteiger partial charge >= 0.3 is 28.8 Å². The maximum atomic E-state index is 12.0. The van der Waals surface area contributed by atoms with E-state index < -0.39 is 0 Å². The summed E-state index contributed by atoms with van der Waals surface area (Å²) < 4.78 is 1.56. The normalized spacial score (nSPS) is 13.2. The molecule has 3 rings (SSSR count). The van der Waals surface area contributed by atoms with Crippen molar-refractivity contribution in [3.05, 3.63) is 99.6 Å². The van der Waals surface area contributed by atoms with E-state index in [1.165, 1.54) is 137 Å². The number of unbranched alkanes of at least 4 members (excludes halogenated alkanes) is 15. The molecular formula is C47H74N2Pd. The third-order valence-corrected chi connectivity index (χ3v) is 10.0. The molecule has 2 nitrogen and oxygen atoms in total. The molecule has 0 N–H and O–H groups in total. The molecule has 0 saturated heterocycles. The van der Waals surface area contributed by atoms with Crippen LogP contribution >= 0.6 is 0 Å². The fraction of sp³-hybridized carbons (Fsp3) is 0.617. The van der Waals surface area contributed by atoms with Crippen LogP contribution in [0.25, 0.3) is 16.9 Å². The molecule has 0 atom stereocenters. The van der Waals surface area contributed by atoms with Crippen LogP contribution in [0, 0.1) is 0 Å². The van der Waals surface area contributed by atoms with E-state index in [9.17, 15) is 5.53 Å². The van der Waals surface area contributed by atoms with Gasteiger partial charge in [-0.3, -0.25) is 0 Å². The summed E-state index contributed by atoms with van der Waals surface area (Å²) in [6.45, 7) is 9.09. The van der Waals surface area contributed by atoms with Gasteiger partial charge in [-0.15, -0.1) is 0 Å². The SMILES string of the molecule is CCCCCCCCCCC=CCCc1ccccc1C1=C(CCCCC)C(CC)=C(c2ccc(CCCCCCCC)cc2)[N+]1=[N-].[CH3][Pd][CH3]. The summed E-state index contributed by atoms with van der Waals surface area (Å²) in [5.74, 6) is 0. The number of hydrogen-bond acceptors (Lipinski definition) is 0. The van der Waals surface area contributed by atoms with Crippen LogP contribution < -0.4 is 0 Å². The van der Waals surface area contributed by atoms with Gasteiger partial charge in [0.2, 0.25) is 11.4 Å². The molecule has 1 aliphatic rings. The van der Waals surface area contributed by atoms with Crippen LogP contribution in [0.4, 0.5) is 0 Å². The van der Waals surface area contributed by atoms with Gasteiger partial charge in [0.1, 0.15) is 0 Å². The molecule has 282 valence electrons. The Kier molecular flexibility index (Phi) is 25.1. The fourth-order valence-electron chi connectivity index (χ4n) is 7.21. The molecule has 1 aliphatic heterocycles. The molecule has 0 bridgehead atoms. The number of allylic oxidation sites excluding steroid dienone is 4. The molecule has 1 heterocycles. The van der Waals surface area contributed by atoms with Crippen LogP contribution in [-0.4, -0.2) is 4.70 Å². The van der Waals surface area contributed by atoms with Crippen molar-refractivity contribution in [1.29, 1.82) is 0 Å². The molecule has 50 heavy (non-hydrogen) atoms. The minimum atomic E-state index is 0.917. The van der Waals surface area contributed by atoms with E-state index >= 15 is 0 Å². The molecule has 0 radical (unpaired) electrons. The van der Waals surface area contributed by atoms with Crippen LogP contribution in [-0.2, 0) is 30.8 Å². The monoisotopic (exact) mass is 772 g/mol. The third kappa shape index (κ3) is 16.1. The van der Waals surface area contributed by atoms with Crippen LogP contribution in [0.1, 0.15) is 185 Å². The summed E-state index contributed by atoms with van der Waals surface area (Å²) in [6.07, 6.45) is 33.6. The predicted molar refractivity (Wildman–Crippen MR) is 218 cm³/mol. The van der Waals surface area contributed by atoms with E-state index in [1.54, 1.807) is 4.70 Å². The Balaban J connectivity index is 0.00000278. The van der Waals surface area contributed by atoms with Gasteiger partial charge in [-0.25, -0.2) is 4.70 Å². The Morgan fingerprint density at radius 2 is 1.06 bits per heavy atom. The van der Waals surface area contributed by atoms with Crippen LogP contribution in [0.5, 0.6) is 0 Å². The van der Waals surface area contributed by atoms with Crippen molar-refractivity contribution in [2.45, 2.75) is 186 Å². The number of benzene rings is 2. The summed E-state index contributed by atoms with van der Waals surface area (Å²) in [7, 11) is 0. The van der Waals surface area contributed by atoms with Crippen LogP contribution in [0.3, 0.4) is 0 Å². The van der Waals surface area contributed by atoms with E-state index in [-0.39, 0.29) is 0 Å². The predicted octanol–water partition coefficient (Wildman–Crippen LogP) is 15.9. The van der Waals surface area contributed by atoms with Crippen molar-refractivity contribution < 1.29 is 22.7 Å².